The molecule has 6 nitrogen and oxygen atoms in total. The third-order valence-corrected chi connectivity index (χ3v) is 3.92. The van der Waals surface area contributed by atoms with Gasteiger partial charge in [-0.15, -0.1) is 11.3 Å². The maximum atomic E-state index is 11.1. The first-order valence-electron chi connectivity index (χ1n) is 6.26. The van der Waals surface area contributed by atoms with E-state index in [0.29, 0.717) is 22.8 Å². The fourth-order valence-corrected chi connectivity index (χ4v) is 2.87. The summed E-state index contributed by atoms with van der Waals surface area (Å²) in [6.45, 7) is 0.448. The molecule has 7 heteroatoms. The van der Waals surface area contributed by atoms with Gasteiger partial charge in [0, 0.05) is 23.8 Å². The molecule has 0 bridgehead atoms. The molecule has 0 spiro atoms. The van der Waals surface area contributed by atoms with Crippen LogP contribution in [0.2, 0.25) is 0 Å². The number of aldehydes is 1. The van der Waals surface area contributed by atoms with Gasteiger partial charge in [0.2, 0.25) is 6.79 Å². The van der Waals surface area contributed by atoms with Crippen molar-refractivity contribution in [1.29, 1.82) is 0 Å². The van der Waals surface area contributed by atoms with Crippen LogP contribution in [0.25, 0.3) is 4.96 Å². The first kappa shape index (κ1) is 12.2. The number of hydrogen-bond donors (Lipinski definition) is 0. The smallest absolute Gasteiger partial charge is 0.231 e. The van der Waals surface area contributed by atoms with E-state index in [0.717, 1.165) is 16.9 Å². The van der Waals surface area contributed by atoms with Crippen LogP contribution in [0.1, 0.15) is 16.1 Å². The Labute approximate surface area is 123 Å². The summed E-state index contributed by atoms with van der Waals surface area (Å²) in [6, 6.07) is 3.29. The zero-order valence-corrected chi connectivity index (χ0v) is 11.6. The zero-order valence-electron chi connectivity index (χ0n) is 10.8. The van der Waals surface area contributed by atoms with Crippen LogP contribution in [0.5, 0.6) is 17.2 Å². The lowest BCUT2D eigenvalue weighted by Crippen LogP contribution is -1.98. The number of aromatic nitrogens is 2. The van der Waals surface area contributed by atoms with Crippen LogP contribution in [0.4, 0.5) is 0 Å². The van der Waals surface area contributed by atoms with E-state index in [-0.39, 0.29) is 13.4 Å². The van der Waals surface area contributed by atoms with Gasteiger partial charge in [0.1, 0.15) is 12.4 Å². The van der Waals surface area contributed by atoms with Gasteiger partial charge < -0.3 is 14.2 Å². The molecule has 0 radical (unpaired) electrons. The van der Waals surface area contributed by atoms with Crippen molar-refractivity contribution >= 4 is 22.6 Å². The molecular weight excluding hydrogens is 292 g/mol. The van der Waals surface area contributed by atoms with Crippen molar-refractivity contribution < 1.29 is 19.0 Å². The second kappa shape index (κ2) is 4.78. The predicted octanol–water partition coefficient (Wildman–Crippen LogP) is 2.52. The van der Waals surface area contributed by atoms with E-state index < -0.39 is 0 Å². The normalized spacial score (nSPS) is 12.8. The monoisotopic (exact) mass is 302 g/mol. The quantitative estimate of drug-likeness (QED) is 0.693. The number of fused-ring (bicyclic) bond motifs is 2. The largest absolute Gasteiger partial charge is 0.486 e. The first-order chi connectivity index (χ1) is 10.3. The van der Waals surface area contributed by atoms with Crippen LogP contribution >= 0.6 is 11.3 Å². The van der Waals surface area contributed by atoms with E-state index in [2.05, 4.69) is 4.98 Å². The minimum atomic E-state index is 0.161. The molecular formula is C14H10N2O4S. The van der Waals surface area contributed by atoms with Crippen molar-refractivity contribution in [3.8, 4) is 17.2 Å². The Morgan fingerprint density at radius 3 is 3.05 bits per heavy atom. The maximum absolute atomic E-state index is 11.1. The molecule has 0 amide bonds. The minimum absolute atomic E-state index is 0.161. The average Bonchev–Trinajstić information content (AvgIpc) is 3.18. The Balaban J connectivity index is 1.59. The molecule has 0 atom stereocenters. The van der Waals surface area contributed by atoms with Gasteiger partial charge in [0.05, 0.1) is 11.3 Å². The molecule has 21 heavy (non-hydrogen) atoms. The Bertz CT molecular complexity index is 795. The third-order valence-electron chi connectivity index (χ3n) is 3.15. The highest BCUT2D eigenvalue weighted by Gasteiger charge is 2.18. The number of carbonyl (C=O) groups is 1. The number of carbonyl (C=O) groups excluding carboxylic acids is 1. The molecule has 0 N–H and O–H groups in total. The third kappa shape index (κ3) is 2.11. The van der Waals surface area contributed by atoms with E-state index in [1.54, 1.807) is 23.5 Å². The average molecular weight is 302 g/mol. The molecule has 0 unspecified atom stereocenters. The second-order valence-corrected chi connectivity index (χ2v) is 5.35. The summed E-state index contributed by atoms with van der Waals surface area (Å²) in [5, 5.41) is 1.97. The highest BCUT2D eigenvalue weighted by molar-refractivity contribution is 7.15. The molecule has 0 saturated heterocycles. The Kier molecular flexibility index (Phi) is 2.78. The standard InChI is InChI=1S/C14H10N2O4S/c17-6-9-3-12-13(20-8-19-12)4-11(9)18-7-10-5-16-1-2-21-14(16)15-10/h1-6H,7-8H2. The summed E-state index contributed by atoms with van der Waals surface area (Å²) in [5.41, 5.74) is 1.23. The zero-order chi connectivity index (χ0) is 14.2. The van der Waals surface area contributed by atoms with Gasteiger partial charge >= 0.3 is 0 Å². The first-order valence-corrected chi connectivity index (χ1v) is 7.14. The minimum Gasteiger partial charge on any atom is -0.486 e. The SMILES string of the molecule is O=Cc1cc2c(cc1OCc1cn3ccsc3n1)OCO2. The van der Waals surface area contributed by atoms with E-state index in [1.807, 2.05) is 22.2 Å². The van der Waals surface area contributed by atoms with E-state index in [4.69, 9.17) is 14.2 Å². The van der Waals surface area contributed by atoms with E-state index in [1.165, 1.54) is 0 Å². The lowest BCUT2D eigenvalue weighted by Gasteiger charge is -2.08. The van der Waals surface area contributed by atoms with Crippen LogP contribution in [0, 0.1) is 0 Å². The van der Waals surface area contributed by atoms with Gasteiger partial charge in [0.25, 0.3) is 0 Å². The number of nitrogens with zero attached hydrogens (tertiary/aromatic N) is 2. The fourth-order valence-electron chi connectivity index (χ4n) is 2.15. The molecule has 2 aromatic heterocycles. The number of imidazole rings is 1. The van der Waals surface area contributed by atoms with Crippen LogP contribution in [0.15, 0.2) is 29.9 Å². The topological polar surface area (TPSA) is 62.1 Å². The van der Waals surface area contributed by atoms with Crippen molar-refractivity contribution in [1.82, 2.24) is 9.38 Å². The summed E-state index contributed by atoms with van der Waals surface area (Å²) in [5.74, 6) is 1.61. The van der Waals surface area contributed by atoms with E-state index in [9.17, 15) is 4.79 Å². The van der Waals surface area contributed by atoms with Crippen LogP contribution in [-0.4, -0.2) is 22.5 Å². The summed E-state index contributed by atoms with van der Waals surface area (Å²) in [7, 11) is 0. The summed E-state index contributed by atoms with van der Waals surface area (Å²) in [4.78, 5) is 16.5. The number of hydrogen-bond acceptors (Lipinski definition) is 6. The number of thiazole rings is 1. The molecule has 0 fully saturated rings. The molecule has 4 rings (SSSR count). The highest BCUT2D eigenvalue weighted by atomic mass is 32.1. The van der Waals surface area contributed by atoms with Crippen molar-refractivity contribution in [2.24, 2.45) is 0 Å². The lowest BCUT2D eigenvalue weighted by atomic mass is 10.2. The van der Waals surface area contributed by atoms with Gasteiger partial charge in [-0.05, 0) is 6.07 Å². The van der Waals surface area contributed by atoms with Crippen molar-refractivity contribution in [3.05, 3.63) is 41.2 Å². The van der Waals surface area contributed by atoms with Crippen LogP contribution < -0.4 is 14.2 Å². The van der Waals surface area contributed by atoms with Gasteiger partial charge in [-0.25, -0.2) is 4.98 Å². The molecule has 0 saturated carbocycles. The Morgan fingerprint density at radius 2 is 2.24 bits per heavy atom. The molecule has 0 aliphatic carbocycles. The predicted molar refractivity (Wildman–Crippen MR) is 75.4 cm³/mol. The molecule has 3 aromatic rings. The molecule has 1 aliphatic rings. The number of rotatable bonds is 4. The van der Waals surface area contributed by atoms with Gasteiger partial charge in [0.15, 0.2) is 22.7 Å². The summed E-state index contributed by atoms with van der Waals surface area (Å²) in [6.07, 6.45) is 4.58. The highest BCUT2D eigenvalue weighted by Crippen LogP contribution is 2.37. The van der Waals surface area contributed by atoms with Crippen molar-refractivity contribution in [2.75, 3.05) is 6.79 Å². The number of ether oxygens (including phenoxy) is 3. The Hall–Kier alpha value is -2.54. The number of benzene rings is 1. The fraction of sp³-hybridized carbons (Fsp3) is 0.143. The maximum Gasteiger partial charge on any atom is 0.231 e. The molecule has 3 heterocycles. The van der Waals surface area contributed by atoms with Crippen LogP contribution in [-0.2, 0) is 6.61 Å². The molecule has 1 aliphatic heterocycles. The Morgan fingerprint density at radius 1 is 1.38 bits per heavy atom. The van der Waals surface area contributed by atoms with Crippen molar-refractivity contribution in [3.63, 3.8) is 0 Å². The van der Waals surface area contributed by atoms with Crippen molar-refractivity contribution in [2.45, 2.75) is 6.61 Å². The molecule has 1 aromatic carbocycles. The van der Waals surface area contributed by atoms with Gasteiger partial charge in [-0.1, -0.05) is 0 Å². The summed E-state index contributed by atoms with van der Waals surface area (Å²) >= 11 is 1.56. The van der Waals surface area contributed by atoms with Gasteiger partial charge in [-0.2, -0.15) is 0 Å². The van der Waals surface area contributed by atoms with Crippen LogP contribution in [0.3, 0.4) is 0 Å². The molecule has 106 valence electrons. The van der Waals surface area contributed by atoms with E-state index >= 15 is 0 Å². The second-order valence-electron chi connectivity index (χ2n) is 4.47. The lowest BCUT2D eigenvalue weighted by molar-refractivity contribution is 0.111. The van der Waals surface area contributed by atoms with Gasteiger partial charge in [-0.3, -0.25) is 9.20 Å². The summed E-state index contributed by atoms with van der Waals surface area (Å²) < 4.78 is 18.2.